The molecular formula is C14H14O3. The molecule has 0 fully saturated rings. The predicted molar refractivity (Wildman–Crippen MR) is 65.4 cm³/mol. The van der Waals surface area contributed by atoms with Gasteiger partial charge in [0.2, 0.25) is 0 Å². The highest BCUT2D eigenvalue weighted by Crippen LogP contribution is 2.02. The first-order chi connectivity index (χ1) is 8.08. The van der Waals surface area contributed by atoms with Gasteiger partial charge in [-0.05, 0) is 18.6 Å². The summed E-state index contributed by atoms with van der Waals surface area (Å²) in [5, 5.41) is 0. The van der Waals surface area contributed by atoms with E-state index in [2.05, 4.69) is 0 Å². The van der Waals surface area contributed by atoms with Crippen LogP contribution in [-0.2, 0) is 14.4 Å². The van der Waals surface area contributed by atoms with Crippen LogP contribution in [0.1, 0.15) is 25.3 Å². The molecule has 0 spiro atoms. The number of Topliss-reactive ketones (excluding diaryl/α,β-unsaturated/α-hetero) is 2. The highest BCUT2D eigenvalue weighted by Gasteiger charge is 2.08. The van der Waals surface area contributed by atoms with E-state index in [0.717, 1.165) is 5.56 Å². The molecule has 88 valence electrons. The second-order valence-electron chi connectivity index (χ2n) is 3.80. The normalized spacial score (nSPS) is 10.4. The summed E-state index contributed by atoms with van der Waals surface area (Å²) in [6.45, 7) is 1.34. The van der Waals surface area contributed by atoms with Crippen LogP contribution in [0.4, 0.5) is 0 Å². The Hall–Kier alpha value is -2.03. The molecule has 0 amide bonds. The Bertz CT molecular complexity index is 444. The molecule has 0 atom stereocenters. The van der Waals surface area contributed by atoms with Gasteiger partial charge in [0.15, 0.2) is 5.78 Å². The summed E-state index contributed by atoms with van der Waals surface area (Å²) < 4.78 is 0. The smallest absolute Gasteiger partial charge is 0.163 e. The molecule has 3 nitrogen and oxygen atoms in total. The van der Waals surface area contributed by atoms with Crippen LogP contribution in [0.15, 0.2) is 36.4 Å². The van der Waals surface area contributed by atoms with E-state index < -0.39 is 0 Å². The Balaban J connectivity index is 2.47. The van der Waals surface area contributed by atoms with Crippen LogP contribution < -0.4 is 0 Å². The van der Waals surface area contributed by atoms with Gasteiger partial charge in [-0.2, -0.15) is 0 Å². The zero-order valence-corrected chi connectivity index (χ0v) is 9.68. The predicted octanol–water partition coefficient (Wildman–Crippen LogP) is 2.21. The van der Waals surface area contributed by atoms with Crippen molar-refractivity contribution >= 4 is 23.4 Å². The molecule has 0 bridgehead atoms. The van der Waals surface area contributed by atoms with Gasteiger partial charge in [0.25, 0.3) is 0 Å². The Morgan fingerprint density at radius 3 is 2.29 bits per heavy atom. The molecule has 17 heavy (non-hydrogen) atoms. The number of allylic oxidation sites excluding steroid dienone is 1. The fraction of sp³-hybridized carbons (Fsp3) is 0.214. The van der Waals surface area contributed by atoms with Gasteiger partial charge in [-0.1, -0.05) is 36.4 Å². The van der Waals surface area contributed by atoms with Crippen molar-refractivity contribution in [3.63, 3.8) is 0 Å². The van der Waals surface area contributed by atoms with E-state index in [9.17, 15) is 14.4 Å². The Labute approximate surface area is 100 Å². The van der Waals surface area contributed by atoms with Crippen LogP contribution in [0.25, 0.3) is 6.08 Å². The lowest BCUT2D eigenvalue weighted by atomic mass is 10.1. The number of rotatable bonds is 6. The third-order valence-corrected chi connectivity index (χ3v) is 2.08. The van der Waals surface area contributed by atoms with Gasteiger partial charge in [0.05, 0.1) is 12.8 Å². The quantitative estimate of drug-likeness (QED) is 0.556. The lowest BCUT2D eigenvalue weighted by molar-refractivity contribution is -0.128. The van der Waals surface area contributed by atoms with Gasteiger partial charge in [0.1, 0.15) is 11.6 Å². The minimum absolute atomic E-state index is 0.162. The van der Waals surface area contributed by atoms with Crippen molar-refractivity contribution in [2.45, 2.75) is 19.8 Å². The first kappa shape index (κ1) is 13.0. The number of carbonyl (C=O) groups excluding carboxylic acids is 3. The van der Waals surface area contributed by atoms with Crippen LogP contribution in [0, 0.1) is 0 Å². The Morgan fingerprint density at radius 1 is 1.06 bits per heavy atom. The van der Waals surface area contributed by atoms with E-state index >= 15 is 0 Å². The second-order valence-corrected chi connectivity index (χ2v) is 3.80. The van der Waals surface area contributed by atoms with Gasteiger partial charge in [0, 0.05) is 0 Å². The molecule has 0 saturated carbocycles. The molecule has 0 saturated heterocycles. The van der Waals surface area contributed by atoms with Gasteiger partial charge < -0.3 is 0 Å². The van der Waals surface area contributed by atoms with E-state index in [1.54, 1.807) is 6.08 Å². The van der Waals surface area contributed by atoms with E-state index in [0.29, 0.717) is 0 Å². The summed E-state index contributed by atoms with van der Waals surface area (Å²) in [4.78, 5) is 33.3. The monoisotopic (exact) mass is 230 g/mol. The number of hydrogen-bond acceptors (Lipinski definition) is 3. The number of ketones is 3. The first-order valence-electron chi connectivity index (χ1n) is 5.35. The molecule has 0 radical (unpaired) electrons. The molecule has 1 aromatic carbocycles. The van der Waals surface area contributed by atoms with Crippen molar-refractivity contribution in [1.82, 2.24) is 0 Å². The highest BCUT2D eigenvalue weighted by atomic mass is 16.2. The fourth-order valence-electron chi connectivity index (χ4n) is 1.35. The molecule has 0 aromatic heterocycles. The topological polar surface area (TPSA) is 51.2 Å². The number of hydrogen-bond donors (Lipinski definition) is 0. The Kier molecular flexibility index (Phi) is 5.01. The summed E-state index contributed by atoms with van der Waals surface area (Å²) in [5.74, 6) is -0.824. The maximum Gasteiger partial charge on any atom is 0.163 e. The van der Waals surface area contributed by atoms with Crippen LogP contribution in [-0.4, -0.2) is 17.3 Å². The van der Waals surface area contributed by atoms with Gasteiger partial charge in [-0.25, -0.2) is 0 Å². The largest absolute Gasteiger partial charge is 0.300 e. The fourth-order valence-corrected chi connectivity index (χ4v) is 1.35. The van der Waals surface area contributed by atoms with Crippen molar-refractivity contribution in [2.24, 2.45) is 0 Å². The summed E-state index contributed by atoms with van der Waals surface area (Å²) in [6.07, 6.45) is 2.66. The van der Waals surface area contributed by atoms with Crippen molar-refractivity contribution in [2.75, 3.05) is 0 Å². The van der Waals surface area contributed by atoms with Crippen LogP contribution in [0.5, 0.6) is 0 Å². The molecule has 0 aliphatic rings. The van der Waals surface area contributed by atoms with Crippen LogP contribution in [0.2, 0.25) is 0 Å². The lowest BCUT2D eigenvalue weighted by Crippen LogP contribution is -2.08. The van der Waals surface area contributed by atoms with Gasteiger partial charge >= 0.3 is 0 Å². The maximum absolute atomic E-state index is 11.4. The standard InChI is InChI=1S/C14H14O3/c1-11(15)9-14(17)10-13(16)8-7-12-5-3-2-4-6-12/h2-8H,9-10H2,1H3. The molecule has 0 heterocycles. The maximum atomic E-state index is 11.4. The third kappa shape index (κ3) is 5.56. The van der Waals surface area contributed by atoms with E-state index in [1.807, 2.05) is 30.3 Å². The van der Waals surface area contributed by atoms with Crippen molar-refractivity contribution in [3.05, 3.63) is 42.0 Å². The van der Waals surface area contributed by atoms with Crippen LogP contribution in [0.3, 0.4) is 0 Å². The Morgan fingerprint density at radius 2 is 1.71 bits per heavy atom. The summed E-state index contributed by atoms with van der Waals surface area (Å²) in [6, 6.07) is 9.34. The van der Waals surface area contributed by atoms with E-state index in [-0.39, 0.29) is 30.2 Å². The van der Waals surface area contributed by atoms with Crippen molar-refractivity contribution in [1.29, 1.82) is 0 Å². The molecule has 1 aromatic rings. The van der Waals surface area contributed by atoms with E-state index in [4.69, 9.17) is 0 Å². The number of benzene rings is 1. The highest BCUT2D eigenvalue weighted by molar-refractivity contribution is 6.10. The first-order valence-corrected chi connectivity index (χ1v) is 5.35. The average Bonchev–Trinajstić information content (AvgIpc) is 2.26. The third-order valence-electron chi connectivity index (χ3n) is 2.08. The zero-order chi connectivity index (χ0) is 12.7. The zero-order valence-electron chi connectivity index (χ0n) is 9.68. The SMILES string of the molecule is CC(=O)CC(=O)CC(=O)C=Cc1ccccc1. The molecule has 0 aliphatic heterocycles. The van der Waals surface area contributed by atoms with Gasteiger partial charge in [-0.3, -0.25) is 14.4 Å². The number of carbonyl (C=O) groups is 3. The minimum Gasteiger partial charge on any atom is -0.300 e. The van der Waals surface area contributed by atoms with Crippen molar-refractivity contribution < 1.29 is 14.4 Å². The van der Waals surface area contributed by atoms with Gasteiger partial charge in [-0.15, -0.1) is 0 Å². The molecule has 0 aliphatic carbocycles. The van der Waals surface area contributed by atoms with Crippen LogP contribution >= 0.6 is 0 Å². The molecule has 3 heteroatoms. The average molecular weight is 230 g/mol. The summed E-state index contributed by atoms with van der Waals surface area (Å²) >= 11 is 0. The molecule has 0 N–H and O–H groups in total. The molecule has 1 rings (SSSR count). The minimum atomic E-state index is -0.333. The summed E-state index contributed by atoms with van der Waals surface area (Å²) in [5.41, 5.74) is 0.903. The lowest BCUT2D eigenvalue weighted by Gasteiger charge is -1.94. The van der Waals surface area contributed by atoms with Crippen molar-refractivity contribution in [3.8, 4) is 0 Å². The second kappa shape index (κ2) is 6.53. The molecule has 0 unspecified atom stereocenters. The van der Waals surface area contributed by atoms with E-state index in [1.165, 1.54) is 13.0 Å². The summed E-state index contributed by atoms with van der Waals surface area (Å²) in [7, 11) is 0. The molecular weight excluding hydrogens is 216 g/mol.